The van der Waals surface area contributed by atoms with Crippen LogP contribution in [0.1, 0.15) is 166 Å². The van der Waals surface area contributed by atoms with Gasteiger partial charge in [0.2, 0.25) is 17.7 Å². The highest BCUT2D eigenvalue weighted by molar-refractivity contribution is 5.94. The molecule has 2 aliphatic carbocycles. The third-order valence-corrected chi connectivity index (χ3v) is 14.4. The lowest BCUT2D eigenvalue weighted by Crippen LogP contribution is -2.40. The maximum atomic E-state index is 13.6. The van der Waals surface area contributed by atoms with Gasteiger partial charge in [-0.1, -0.05) is 118 Å². The summed E-state index contributed by atoms with van der Waals surface area (Å²) < 4.78 is 33.1. The minimum Gasteiger partial charge on any atom is -0.379 e. The number of carbonyl (C=O) groups excluding carboxylic acids is 5. The first-order valence-corrected chi connectivity index (χ1v) is 29.9. The molecule has 0 aromatic rings. The number of carbonyl (C=O) groups is 5. The van der Waals surface area contributed by atoms with Gasteiger partial charge in [-0.2, -0.15) is 0 Å². The van der Waals surface area contributed by atoms with Crippen molar-refractivity contribution in [2.75, 3.05) is 92.4 Å². The Balaban J connectivity index is 1.78. The van der Waals surface area contributed by atoms with E-state index >= 15 is 0 Å². The summed E-state index contributed by atoms with van der Waals surface area (Å²) >= 11 is 0. The Morgan fingerprint density at radius 3 is 1.49 bits per heavy atom. The lowest BCUT2D eigenvalue weighted by Gasteiger charge is -2.33. The minimum atomic E-state index is -0.688. The Bertz CT molecular complexity index is 2250. The molecule has 0 saturated heterocycles. The van der Waals surface area contributed by atoms with Crippen LogP contribution in [0.5, 0.6) is 0 Å². The summed E-state index contributed by atoms with van der Waals surface area (Å²) in [5.41, 5.74) is 9.97. The average molecular weight is 1130 g/mol. The van der Waals surface area contributed by atoms with E-state index in [1.807, 2.05) is 51.2 Å². The highest BCUT2D eigenvalue weighted by atomic mass is 16.6. The lowest BCUT2D eigenvalue weighted by molar-refractivity contribution is -0.126. The molecule has 3 N–H and O–H groups in total. The van der Waals surface area contributed by atoms with Gasteiger partial charge in [-0.25, -0.2) is 0 Å². The van der Waals surface area contributed by atoms with Gasteiger partial charge in [0.25, 0.3) is 0 Å². The molecule has 1 atom stereocenters. The number of hydrogen-bond donors (Lipinski definition) is 3. The van der Waals surface area contributed by atoms with Crippen molar-refractivity contribution in [3.05, 3.63) is 117 Å². The number of ether oxygens (including phenoxy) is 6. The predicted molar refractivity (Wildman–Crippen MR) is 328 cm³/mol. The topological polar surface area (TPSA) is 177 Å². The first kappa shape index (κ1) is 72.0. The van der Waals surface area contributed by atoms with Crippen LogP contribution in [0.25, 0.3) is 0 Å². The van der Waals surface area contributed by atoms with E-state index in [1.54, 1.807) is 6.08 Å². The van der Waals surface area contributed by atoms with Gasteiger partial charge in [0.05, 0.1) is 78.7 Å². The van der Waals surface area contributed by atoms with Crippen molar-refractivity contribution < 1.29 is 52.4 Å². The van der Waals surface area contributed by atoms with Gasteiger partial charge < -0.3 is 44.4 Å². The molecule has 0 aliphatic heterocycles. The van der Waals surface area contributed by atoms with Crippen molar-refractivity contribution >= 4 is 29.3 Å². The van der Waals surface area contributed by atoms with Crippen molar-refractivity contribution in [1.82, 2.24) is 16.0 Å². The smallest absolute Gasteiger partial charge is 0.244 e. The summed E-state index contributed by atoms with van der Waals surface area (Å²) in [5.74, 6) is -0.537. The van der Waals surface area contributed by atoms with Crippen molar-refractivity contribution in [1.29, 1.82) is 0 Å². The van der Waals surface area contributed by atoms with Crippen molar-refractivity contribution in [2.45, 2.75) is 172 Å². The van der Waals surface area contributed by atoms with E-state index in [-0.39, 0.29) is 59.6 Å². The van der Waals surface area contributed by atoms with E-state index in [9.17, 15) is 24.0 Å². The van der Waals surface area contributed by atoms with Crippen LogP contribution >= 0.6 is 0 Å². The average Bonchev–Trinajstić information content (AvgIpc) is 3.40. The summed E-state index contributed by atoms with van der Waals surface area (Å²) in [7, 11) is 0. The van der Waals surface area contributed by atoms with Gasteiger partial charge in [0.15, 0.2) is 5.78 Å². The largest absolute Gasteiger partial charge is 0.379 e. The lowest BCUT2D eigenvalue weighted by atomic mass is 9.72. The fourth-order valence-corrected chi connectivity index (χ4v) is 9.52. The predicted octanol–water partition coefficient (Wildman–Crippen LogP) is 12.1. The third-order valence-electron chi connectivity index (χ3n) is 14.4. The SMILES string of the molecule is CCC(=O)CCOCCOCCOCCOCCC(=O)NCCOCCOCCCC(=O)C(CCCCNC(=O)/C=C(C)/C=C/C=C(C)/C=C/C1=C(C)CCCC1(C)C)NC(=O)/C=C(C)/C=C/C=C(C)/C=C/C1=C(C)CCCC1(C)C. The van der Waals surface area contributed by atoms with E-state index in [2.05, 4.69) is 102 Å². The molecule has 14 nitrogen and oxygen atoms in total. The highest BCUT2D eigenvalue weighted by Crippen LogP contribution is 2.42. The Morgan fingerprint density at radius 2 is 0.988 bits per heavy atom. The van der Waals surface area contributed by atoms with Crippen LogP contribution in [0, 0.1) is 10.8 Å². The Kier molecular flexibility index (Phi) is 38.0. The minimum absolute atomic E-state index is 0.0756. The van der Waals surface area contributed by atoms with Crippen LogP contribution in [0.15, 0.2) is 117 Å². The van der Waals surface area contributed by atoms with Gasteiger partial charge in [-0.15, -0.1) is 0 Å². The van der Waals surface area contributed by atoms with E-state index in [0.717, 1.165) is 35.1 Å². The molecule has 0 aromatic heterocycles. The number of allylic oxidation sites excluding steroid dienone is 18. The third kappa shape index (κ3) is 34.8. The number of unbranched alkanes of at least 4 members (excludes halogenated alkanes) is 1. The van der Waals surface area contributed by atoms with Crippen LogP contribution in [0.4, 0.5) is 0 Å². The maximum Gasteiger partial charge on any atom is 0.244 e. The monoisotopic (exact) mass is 1130 g/mol. The second-order valence-corrected chi connectivity index (χ2v) is 22.7. The Morgan fingerprint density at radius 1 is 0.519 bits per heavy atom. The summed E-state index contributed by atoms with van der Waals surface area (Å²) in [6, 6.07) is -0.688. The molecule has 0 bridgehead atoms. The molecule has 14 heteroatoms. The number of ketones is 2. The quantitative estimate of drug-likeness (QED) is 0.0301. The van der Waals surface area contributed by atoms with Crippen molar-refractivity contribution in [3.63, 3.8) is 0 Å². The number of nitrogens with one attached hydrogen (secondary N) is 3. The normalized spacial score (nSPS) is 16.8. The van der Waals surface area contributed by atoms with Crippen molar-refractivity contribution in [3.8, 4) is 0 Å². The van der Waals surface area contributed by atoms with Crippen LogP contribution in [0.2, 0.25) is 0 Å². The number of Topliss-reactive ketones (excluding diaryl/α,β-unsaturated/α-hetero) is 2. The molecule has 0 aromatic carbocycles. The molecular weight excluding hydrogens is 1020 g/mol. The fraction of sp³-hybridized carbons (Fsp3) is 0.627. The second-order valence-electron chi connectivity index (χ2n) is 22.7. The van der Waals surface area contributed by atoms with Gasteiger partial charge in [-0.05, 0) is 139 Å². The molecule has 2 aliphatic rings. The first-order valence-electron chi connectivity index (χ1n) is 29.9. The first-order chi connectivity index (χ1) is 38.7. The molecule has 0 spiro atoms. The number of rotatable bonds is 43. The molecule has 81 heavy (non-hydrogen) atoms. The van der Waals surface area contributed by atoms with E-state index < -0.39 is 6.04 Å². The standard InChI is InChI=1S/C67H105N3O11/c1-12-58(71)32-39-77-43-46-80-48-49-81-47-44-78-40-33-63(73)69-37-41-79-45-42-76-38-19-27-62(72)61(70-65(75)51-55(5)23-16-21-53(3)29-31-60-57(7)25-18-35-67(60,10)11)26-13-14-36-68-64(74)50-54(4)22-15-20-52(2)28-30-59-56(6)24-17-34-66(59,8)9/h15-16,20-23,28-31,50-51,61H,12-14,17-19,24-27,32-49H2,1-11H3,(H,68,74)(H,69,73)(H,70,75)/b22-15+,23-16+,30-28+,31-29+,52-20+,53-21+,54-50+,55-51+. The van der Waals surface area contributed by atoms with Crippen LogP contribution in [0.3, 0.4) is 0 Å². The summed E-state index contributed by atoms with van der Waals surface area (Å²) in [4.78, 5) is 63.1. The van der Waals surface area contributed by atoms with Gasteiger partial charge in [0, 0.05) is 57.5 Å². The molecule has 0 radical (unpaired) electrons. The zero-order valence-electron chi connectivity index (χ0n) is 51.8. The summed E-state index contributed by atoms with van der Waals surface area (Å²) in [6.45, 7) is 28.8. The van der Waals surface area contributed by atoms with Crippen LogP contribution < -0.4 is 16.0 Å². The molecule has 454 valence electrons. The Hall–Kier alpha value is -5.09. The van der Waals surface area contributed by atoms with E-state index in [0.29, 0.717) is 124 Å². The van der Waals surface area contributed by atoms with Gasteiger partial charge in [0.1, 0.15) is 5.78 Å². The molecular formula is C67H105N3O11. The molecule has 1 unspecified atom stereocenters. The molecule has 2 rings (SSSR count). The molecule has 0 saturated carbocycles. The van der Waals surface area contributed by atoms with Gasteiger partial charge in [-0.3, -0.25) is 24.0 Å². The summed E-state index contributed by atoms with van der Waals surface area (Å²) in [6.07, 6.45) is 34.5. The molecule has 3 amide bonds. The molecule has 0 heterocycles. The zero-order valence-corrected chi connectivity index (χ0v) is 51.8. The van der Waals surface area contributed by atoms with Crippen molar-refractivity contribution in [2.24, 2.45) is 10.8 Å². The van der Waals surface area contributed by atoms with Gasteiger partial charge >= 0.3 is 0 Å². The van der Waals surface area contributed by atoms with Crippen LogP contribution in [-0.2, 0) is 52.4 Å². The Labute approximate surface area is 488 Å². The number of hydrogen-bond acceptors (Lipinski definition) is 11. The fourth-order valence-electron chi connectivity index (χ4n) is 9.52. The highest BCUT2D eigenvalue weighted by Gasteiger charge is 2.27. The number of amides is 3. The summed E-state index contributed by atoms with van der Waals surface area (Å²) in [5, 5.41) is 8.73. The van der Waals surface area contributed by atoms with E-state index in [4.69, 9.17) is 28.4 Å². The van der Waals surface area contributed by atoms with Crippen LogP contribution in [-0.4, -0.2) is 128 Å². The zero-order chi connectivity index (χ0) is 59.7. The maximum absolute atomic E-state index is 13.6. The molecule has 0 fully saturated rings. The second kappa shape index (κ2) is 42.7. The van der Waals surface area contributed by atoms with E-state index in [1.165, 1.54) is 54.1 Å².